The number of carboxylic acid groups (broad SMARTS) is 1. The van der Waals surface area contributed by atoms with Gasteiger partial charge in [-0.15, -0.1) is 0 Å². The minimum Gasteiger partial charge on any atom is -0.481 e. The summed E-state index contributed by atoms with van der Waals surface area (Å²) in [5.74, 6) is -2.34. The molecule has 0 spiro atoms. The highest BCUT2D eigenvalue weighted by atomic mass is 19.4. The van der Waals surface area contributed by atoms with Gasteiger partial charge in [0.15, 0.2) is 0 Å². The van der Waals surface area contributed by atoms with E-state index in [1.165, 1.54) is 25.1 Å². The molecule has 1 aliphatic heterocycles. The molecule has 12 heteroatoms. The first-order valence-corrected chi connectivity index (χ1v) is 14.8. The summed E-state index contributed by atoms with van der Waals surface area (Å²) in [5, 5.41) is 12.4. The van der Waals surface area contributed by atoms with E-state index in [2.05, 4.69) is 5.32 Å². The fourth-order valence-electron chi connectivity index (χ4n) is 5.87. The largest absolute Gasteiger partial charge is 0.481 e. The zero-order valence-corrected chi connectivity index (χ0v) is 26.1. The van der Waals surface area contributed by atoms with E-state index >= 15 is 4.39 Å². The smallest absolute Gasteiger partial charge is 0.416 e. The number of halogens is 4. The number of alkyl halides is 3. The lowest BCUT2D eigenvalue weighted by atomic mass is 9.92. The zero-order chi connectivity index (χ0) is 34.2. The van der Waals surface area contributed by atoms with Crippen LogP contribution in [0.5, 0.6) is 11.5 Å². The number of nitrogens with one attached hydrogen (secondary N) is 1. The van der Waals surface area contributed by atoms with Gasteiger partial charge in [0.2, 0.25) is 5.91 Å². The number of fused-ring (bicyclic) bond motifs is 6. The Kier molecular flexibility index (Phi) is 9.26. The van der Waals surface area contributed by atoms with Gasteiger partial charge < -0.3 is 20.1 Å². The molecule has 2 N–H and O–H groups in total. The van der Waals surface area contributed by atoms with E-state index < -0.39 is 53.5 Å². The number of rotatable bonds is 6. The first-order chi connectivity index (χ1) is 22.1. The van der Waals surface area contributed by atoms with Crippen molar-refractivity contribution in [2.45, 2.75) is 44.9 Å². The number of ether oxygens (including phenoxy) is 1. The van der Waals surface area contributed by atoms with Crippen molar-refractivity contribution in [1.82, 2.24) is 14.8 Å². The maximum Gasteiger partial charge on any atom is 0.416 e. The topological polar surface area (TPSA) is 101 Å². The molecule has 5 rings (SSSR count). The van der Waals surface area contributed by atoms with E-state index in [0.717, 1.165) is 16.3 Å². The quantitative estimate of drug-likeness (QED) is 0.234. The van der Waals surface area contributed by atoms with Crippen molar-refractivity contribution in [3.05, 3.63) is 116 Å². The second-order valence-corrected chi connectivity index (χ2v) is 11.9. The van der Waals surface area contributed by atoms with Gasteiger partial charge in [0, 0.05) is 29.9 Å². The molecule has 4 aromatic rings. The molecule has 1 aromatic heterocycles. The summed E-state index contributed by atoms with van der Waals surface area (Å²) >= 11 is 0. The molecule has 1 amide bonds. The zero-order valence-electron chi connectivity index (χ0n) is 26.1. The third kappa shape index (κ3) is 7.07. The van der Waals surface area contributed by atoms with Gasteiger partial charge in [-0.05, 0) is 92.5 Å². The molecule has 8 nitrogen and oxygen atoms in total. The monoisotopic (exact) mass is 651 g/mol. The summed E-state index contributed by atoms with van der Waals surface area (Å²) in [6.07, 6.45) is -4.62. The molecule has 0 saturated heterocycles. The van der Waals surface area contributed by atoms with E-state index in [-0.39, 0.29) is 41.0 Å². The van der Waals surface area contributed by atoms with Crippen molar-refractivity contribution in [2.75, 3.05) is 20.6 Å². The van der Waals surface area contributed by atoms with Crippen molar-refractivity contribution in [1.29, 1.82) is 0 Å². The molecule has 0 radical (unpaired) electrons. The van der Waals surface area contributed by atoms with Crippen LogP contribution < -0.4 is 15.6 Å². The number of aromatic nitrogens is 1. The van der Waals surface area contributed by atoms with Crippen LogP contribution in [0.2, 0.25) is 0 Å². The maximum atomic E-state index is 15.8. The van der Waals surface area contributed by atoms with Crippen molar-refractivity contribution >= 4 is 11.9 Å². The molecule has 2 atom stereocenters. The van der Waals surface area contributed by atoms with E-state index in [1.54, 1.807) is 49.3 Å². The van der Waals surface area contributed by atoms with Gasteiger partial charge in [0.1, 0.15) is 23.4 Å². The van der Waals surface area contributed by atoms with Crippen LogP contribution in [0.1, 0.15) is 51.9 Å². The molecule has 246 valence electrons. The van der Waals surface area contributed by atoms with E-state index in [0.29, 0.717) is 22.9 Å². The number of hydrogen-bond donors (Lipinski definition) is 2. The molecule has 0 saturated carbocycles. The normalized spacial score (nSPS) is 16.3. The standard InChI is InChI=1S/C35H33F4N3O5/c1-19-7-5-10-28-31(19)23-13-20(2)32(36)25(15-23)27(17-30(44)45)40-34(46)33(21-8-6-9-24(14-21)47-28)42-18-22(11-12-41(3)4)26(16-29(42)43)35(37,38)39/h5-10,13-16,18,27,33H,11-12,17H2,1-4H3,(H,40,46)(H,44,45)/t27-,33-/m0/s1. The van der Waals surface area contributed by atoms with Gasteiger partial charge in [-0.3, -0.25) is 19.0 Å². The maximum absolute atomic E-state index is 15.8. The van der Waals surface area contributed by atoms with E-state index in [1.807, 2.05) is 13.0 Å². The molecular formula is C35H33F4N3O5. The van der Waals surface area contributed by atoms with Crippen LogP contribution in [0, 0.1) is 19.7 Å². The Bertz CT molecular complexity index is 1920. The van der Waals surface area contributed by atoms with Crippen LogP contribution in [0.4, 0.5) is 17.6 Å². The second-order valence-electron chi connectivity index (χ2n) is 11.9. The van der Waals surface area contributed by atoms with Crippen LogP contribution in [0.3, 0.4) is 0 Å². The predicted molar refractivity (Wildman–Crippen MR) is 167 cm³/mol. The lowest BCUT2D eigenvalue weighted by molar-refractivity contribution is -0.139. The predicted octanol–water partition coefficient (Wildman–Crippen LogP) is 6.42. The molecule has 1 aliphatic rings. The first-order valence-electron chi connectivity index (χ1n) is 14.8. The lowest BCUT2D eigenvalue weighted by Crippen LogP contribution is -2.41. The molecular weight excluding hydrogens is 618 g/mol. The summed E-state index contributed by atoms with van der Waals surface area (Å²) in [5.41, 5.74) is -0.274. The molecule has 0 unspecified atom stereocenters. The number of carbonyl (C=O) groups is 2. The Morgan fingerprint density at radius 2 is 1.74 bits per heavy atom. The Labute approximate surface area is 268 Å². The highest BCUT2D eigenvalue weighted by molar-refractivity contribution is 5.85. The number of likely N-dealkylation sites (N-methyl/N-ethyl adjacent to an activating group) is 1. The lowest BCUT2D eigenvalue weighted by Gasteiger charge is -2.26. The SMILES string of the molecule is Cc1cc2cc(c1F)[C@H](CC(=O)O)NC(=O)[C@@H](n1cc(CCN(C)C)c(C(F)(F)F)cc1=O)c1cccc(c1)Oc1cccc(C)c1-2. The Balaban J connectivity index is 1.79. The van der Waals surface area contributed by atoms with Gasteiger partial charge in [0.25, 0.3) is 5.56 Å². The fourth-order valence-corrected chi connectivity index (χ4v) is 5.87. The molecule has 4 bridgehead atoms. The second kappa shape index (κ2) is 13.0. The fraction of sp³-hybridized carbons (Fsp3) is 0.286. The van der Waals surface area contributed by atoms with Crippen LogP contribution >= 0.6 is 0 Å². The number of aliphatic carboxylic acids is 1. The number of carboxylic acids is 1. The first kappa shape index (κ1) is 33.4. The van der Waals surface area contributed by atoms with E-state index in [9.17, 15) is 32.7 Å². The van der Waals surface area contributed by atoms with Crippen LogP contribution in [-0.2, 0) is 22.2 Å². The average molecular weight is 652 g/mol. The van der Waals surface area contributed by atoms with Gasteiger partial charge in [-0.25, -0.2) is 4.39 Å². The van der Waals surface area contributed by atoms with Crippen molar-refractivity contribution in [3.8, 4) is 22.6 Å². The third-order valence-electron chi connectivity index (χ3n) is 8.10. The van der Waals surface area contributed by atoms with Crippen LogP contribution in [0.25, 0.3) is 11.1 Å². The van der Waals surface area contributed by atoms with Crippen LogP contribution in [-0.4, -0.2) is 47.1 Å². The van der Waals surface area contributed by atoms with Gasteiger partial charge in [-0.2, -0.15) is 13.2 Å². The summed E-state index contributed by atoms with van der Waals surface area (Å²) in [6, 6.07) is 12.0. The Morgan fingerprint density at radius 3 is 2.43 bits per heavy atom. The van der Waals surface area contributed by atoms with Crippen molar-refractivity contribution in [3.63, 3.8) is 0 Å². The number of benzene rings is 3. The number of pyridine rings is 1. The van der Waals surface area contributed by atoms with Gasteiger partial charge in [-0.1, -0.05) is 24.3 Å². The highest BCUT2D eigenvalue weighted by Gasteiger charge is 2.36. The number of aryl methyl sites for hydroxylation is 2. The van der Waals surface area contributed by atoms with Gasteiger partial charge >= 0.3 is 12.1 Å². The van der Waals surface area contributed by atoms with Crippen molar-refractivity contribution in [2.24, 2.45) is 0 Å². The number of amides is 1. The average Bonchev–Trinajstić information content (AvgIpc) is 2.98. The Morgan fingerprint density at radius 1 is 1.02 bits per heavy atom. The number of nitrogens with zero attached hydrogens (tertiary/aromatic N) is 2. The summed E-state index contributed by atoms with van der Waals surface area (Å²) in [4.78, 5) is 41.4. The molecule has 47 heavy (non-hydrogen) atoms. The van der Waals surface area contributed by atoms with Crippen LogP contribution in [0.15, 0.2) is 71.7 Å². The summed E-state index contributed by atoms with van der Waals surface area (Å²) < 4.78 is 65.2. The molecule has 0 aliphatic carbocycles. The molecule has 0 fully saturated rings. The number of carbonyl (C=O) groups excluding carboxylic acids is 1. The van der Waals surface area contributed by atoms with Gasteiger partial charge in [0.05, 0.1) is 18.0 Å². The minimum atomic E-state index is -4.83. The summed E-state index contributed by atoms with van der Waals surface area (Å²) in [6.45, 7) is 3.57. The third-order valence-corrected chi connectivity index (χ3v) is 8.10. The van der Waals surface area contributed by atoms with Crippen molar-refractivity contribution < 1.29 is 37.0 Å². The minimum absolute atomic E-state index is 0.0886. The molecule has 2 heterocycles. The Hall–Kier alpha value is -4.97. The highest BCUT2D eigenvalue weighted by Crippen LogP contribution is 2.40. The summed E-state index contributed by atoms with van der Waals surface area (Å²) in [7, 11) is 3.38. The number of hydrogen-bond acceptors (Lipinski definition) is 5. The van der Waals surface area contributed by atoms with E-state index in [4.69, 9.17) is 4.74 Å². The molecule has 3 aromatic carbocycles.